The summed E-state index contributed by atoms with van der Waals surface area (Å²) in [4.78, 5) is 83.2. The Morgan fingerprint density at radius 2 is 0.938 bits per heavy atom. The number of rotatable bonds is 47. The number of carbonyl (C=O) groups excluding carboxylic acids is 5. The first-order valence-corrected chi connectivity index (χ1v) is 25.1. The average Bonchev–Trinajstić information content (AvgIpc) is 3.25. The van der Waals surface area contributed by atoms with E-state index in [1.165, 1.54) is 56.7 Å². The SMILES string of the molecule is CC(C)N[C@@H](CSCC(=O)NCCOCCOCCNC(=O)COCCOCCNC(=O)CC[C@H](NC(=O)CCCCCCCCCCCCCCCCC(=O)O)C(=O)O)C(=O)C(C)C. The molecule has 0 aliphatic heterocycles. The van der Waals surface area contributed by atoms with Gasteiger partial charge in [0.25, 0.3) is 0 Å². The number of aliphatic carboxylic acids is 2. The molecule has 0 rings (SSSR count). The number of hydrogen-bond donors (Lipinski definition) is 7. The number of nitrogens with one attached hydrogen (secondary N) is 5. The zero-order chi connectivity index (χ0) is 48.3. The zero-order valence-electron chi connectivity index (χ0n) is 40.0. The van der Waals surface area contributed by atoms with Gasteiger partial charge < -0.3 is 55.7 Å². The van der Waals surface area contributed by atoms with E-state index < -0.39 is 18.0 Å². The molecule has 0 aromatic rings. The number of ether oxygens (including phenoxy) is 4. The molecule has 0 bridgehead atoms. The van der Waals surface area contributed by atoms with Crippen molar-refractivity contribution in [3.8, 4) is 0 Å². The fourth-order valence-corrected chi connectivity index (χ4v) is 7.36. The minimum absolute atomic E-state index is 0.0251. The van der Waals surface area contributed by atoms with Crippen molar-refractivity contribution < 1.29 is 62.7 Å². The van der Waals surface area contributed by atoms with Crippen LogP contribution in [0.4, 0.5) is 0 Å². The summed E-state index contributed by atoms with van der Waals surface area (Å²) < 4.78 is 21.6. The van der Waals surface area contributed by atoms with Gasteiger partial charge in [-0.05, 0) is 19.3 Å². The summed E-state index contributed by atoms with van der Waals surface area (Å²) in [5.41, 5.74) is 0. The Morgan fingerprint density at radius 1 is 0.492 bits per heavy atom. The Hall–Kier alpha value is -3.36. The van der Waals surface area contributed by atoms with E-state index >= 15 is 0 Å². The van der Waals surface area contributed by atoms with Crippen LogP contribution in [0.15, 0.2) is 0 Å². The van der Waals surface area contributed by atoms with E-state index in [-0.39, 0.29) is 112 Å². The van der Waals surface area contributed by atoms with Crippen molar-refractivity contribution in [3.63, 3.8) is 0 Å². The normalized spacial score (nSPS) is 12.2. The number of amides is 4. The molecule has 0 fully saturated rings. The molecule has 0 aliphatic carbocycles. The third kappa shape index (κ3) is 41.8. The van der Waals surface area contributed by atoms with Gasteiger partial charge in [-0.15, -0.1) is 11.8 Å². The van der Waals surface area contributed by atoms with E-state index in [9.17, 15) is 38.7 Å². The van der Waals surface area contributed by atoms with Crippen LogP contribution in [0.1, 0.15) is 143 Å². The predicted molar refractivity (Wildman–Crippen MR) is 252 cm³/mol. The van der Waals surface area contributed by atoms with Gasteiger partial charge in [0.1, 0.15) is 12.6 Å². The number of carboxylic acid groups (broad SMARTS) is 2. The lowest BCUT2D eigenvalue weighted by Gasteiger charge is -2.21. The molecular weight excluding hydrogens is 863 g/mol. The van der Waals surface area contributed by atoms with Crippen molar-refractivity contribution in [1.29, 1.82) is 0 Å². The van der Waals surface area contributed by atoms with Gasteiger partial charge in [-0.3, -0.25) is 28.8 Å². The molecule has 7 N–H and O–H groups in total. The number of Topliss-reactive ketones (excluding diaryl/α,β-unsaturated/α-hetero) is 1. The summed E-state index contributed by atoms with van der Waals surface area (Å²) in [6.45, 7) is 10.3. The Kier molecular flexibility index (Phi) is 41.0. The van der Waals surface area contributed by atoms with Crippen LogP contribution in [0.25, 0.3) is 0 Å². The van der Waals surface area contributed by atoms with E-state index in [0.29, 0.717) is 51.7 Å². The topological polar surface area (TPSA) is 257 Å². The van der Waals surface area contributed by atoms with Crippen molar-refractivity contribution in [1.82, 2.24) is 26.6 Å². The molecule has 0 radical (unpaired) electrons. The molecule has 2 atom stereocenters. The maximum absolute atomic E-state index is 12.4. The highest BCUT2D eigenvalue weighted by Crippen LogP contribution is 2.14. The van der Waals surface area contributed by atoms with Gasteiger partial charge in [0.15, 0.2) is 5.78 Å². The first kappa shape index (κ1) is 61.6. The minimum atomic E-state index is -1.18. The third-order valence-corrected chi connectivity index (χ3v) is 11.0. The summed E-state index contributed by atoms with van der Waals surface area (Å²) in [6.07, 6.45) is 15.5. The van der Waals surface area contributed by atoms with Crippen molar-refractivity contribution >= 4 is 53.1 Å². The van der Waals surface area contributed by atoms with E-state index in [4.69, 9.17) is 24.1 Å². The Morgan fingerprint density at radius 3 is 1.40 bits per heavy atom. The number of thioether (sulfide) groups is 1. The molecule has 19 heteroatoms. The standard InChI is InChI=1S/C46H85N5O13S/c1-36(2)45(58)39(50-37(3)4)34-65-35-43(55)49-25-28-62-30-29-61-27-24-48-42(54)33-64-32-31-63-26-23-47-40(52)22-21-38(46(59)60)51-41(53)19-17-15-13-11-9-7-5-6-8-10-12-14-16-18-20-44(56)57/h36-39,50H,5-35H2,1-4H3,(H,47,52)(H,48,54)(H,49,55)(H,51,53)(H,56,57)(H,59,60)/t38-,39-/m0/s1. The fraction of sp³-hybridized carbons (Fsp3) is 0.848. The second-order valence-corrected chi connectivity index (χ2v) is 17.8. The molecule has 0 saturated carbocycles. The van der Waals surface area contributed by atoms with Crippen LogP contribution < -0.4 is 26.6 Å². The summed E-state index contributed by atoms with van der Waals surface area (Å²) in [6, 6.07) is -1.24. The first-order chi connectivity index (χ1) is 31.2. The second-order valence-electron chi connectivity index (χ2n) is 16.7. The predicted octanol–water partition coefficient (Wildman–Crippen LogP) is 4.40. The number of carboxylic acids is 2. The van der Waals surface area contributed by atoms with Gasteiger partial charge in [0, 0.05) is 56.6 Å². The van der Waals surface area contributed by atoms with Crippen LogP contribution >= 0.6 is 11.8 Å². The zero-order valence-corrected chi connectivity index (χ0v) is 40.8. The van der Waals surface area contributed by atoms with Crippen LogP contribution in [0.3, 0.4) is 0 Å². The van der Waals surface area contributed by atoms with Gasteiger partial charge in [-0.1, -0.05) is 105 Å². The second kappa shape index (κ2) is 43.2. The monoisotopic (exact) mass is 948 g/mol. The highest BCUT2D eigenvalue weighted by atomic mass is 32.2. The number of hydrogen-bond acceptors (Lipinski definition) is 13. The van der Waals surface area contributed by atoms with Crippen molar-refractivity contribution in [3.05, 3.63) is 0 Å². The van der Waals surface area contributed by atoms with Gasteiger partial charge in [0.05, 0.1) is 58.0 Å². The summed E-state index contributed by atoms with van der Waals surface area (Å²) >= 11 is 1.42. The van der Waals surface area contributed by atoms with Crippen LogP contribution in [0.5, 0.6) is 0 Å². The molecule has 18 nitrogen and oxygen atoms in total. The molecule has 0 aliphatic rings. The van der Waals surface area contributed by atoms with Crippen LogP contribution in [-0.4, -0.2) is 154 Å². The molecule has 0 unspecified atom stereocenters. The first-order valence-electron chi connectivity index (χ1n) is 23.9. The van der Waals surface area contributed by atoms with Gasteiger partial charge >= 0.3 is 11.9 Å². The van der Waals surface area contributed by atoms with Gasteiger partial charge in [-0.25, -0.2) is 4.79 Å². The molecule has 378 valence electrons. The number of ketones is 1. The summed E-state index contributed by atoms with van der Waals surface area (Å²) in [7, 11) is 0. The molecule has 0 aromatic carbocycles. The highest BCUT2D eigenvalue weighted by Gasteiger charge is 2.23. The minimum Gasteiger partial charge on any atom is -0.481 e. The Balaban J connectivity index is 3.70. The van der Waals surface area contributed by atoms with Gasteiger partial charge in [0.2, 0.25) is 23.6 Å². The van der Waals surface area contributed by atoms with E-state index in [2.05, 4.69) is 26.6 Å². The molecular formula is C46H85N5O13S. The number of carbonyl (C=O) groups is 7. The molecule has 0 heterocycles. The lowest BCUT2D eigenvalue weighted by molar-refractivity contribution is -0.142. The van der Waals surface area contributed by atoms with Crippen LogP contribution in [0.2, 0.25) is 0 Å². The van der Waals surface area contributed by atoms with Crippen molar-refractivity contribution in [2.75, 3.05) is 84.0 Å². The number of unbranched alkanes of at least 4 members (excludes halogenated alkanes) is 13. The third-order valence-electron chi connectivity index (χ3n) is 9.99. The van der Waals surface area contributed by atoms with Crippen molar-refractivity contribution in [2.45, 2.75) is 161 Å². The fourth-order valence-electron chi connectivity index (χ4n) is 6.45. The van der Waals surface area contributed by atoms with Crippen molar-refractivity contribution in [2.24, 2.45) is 5.92 Å². The van der Waals surface area contributed by atoms with Crippen LogP contribution in [0, 0.1) is 5.92 Å². The molecule has 65 heavy (non-hydrogen) atoms. The quantitative estimate of drug-likeness (QED) is 0.0418. The van der Waals surface area contributed by atoms with Crippen LogP contribution in [-0.2, 0) is 52.5 Å². The lowest BCUT2D eigenvalue weighted by atomic mass is 10.0. The van der Waals surface area contributed by atoms with E-state index in [0.717, 1.165) is 38.5 Å². The maximum atomic E-state index is 12.4. The molecule has 0 spiro atoms. The summed E-state index contributed by atoms with van der Waals surface area (Å²) in [5.74, 6) is -2.13. The maximum Gasteiger partial charge on any atom is 0.326 e. The molecule has 0 saturated heterocycles. The molecule has 4 amide bonds. The average molecular weight is 948 g/mol. The van der Waals surface area contributed by atoms with E-state index in [1.54, 1.807) is 0 Å². The Bertz CT molecular complexity index is 1290. The summed E-state index contributed by atoms with van der Waals surface area (Å²) in [5, 5.41) is 32.1. The highest BCUT2D eigenvalue weighted by molar-refractivity contribution is 8.00. The smallest absolute Gasteiger partial charge is 0.326 e. The molecule has 0 aromatic heterocycles. The van der Waals surface area contributed by atoms with Gasteiger partial charge in [-0.2, -0.15) is 0 Å². The largest absolute Gasteiger partial charge is 0.481 e. The Labute approximate surface area is 392 Å². The van der Waals surface area contributed by atoms with E-state index in [1.807, 2.05) is 27.7 Å². The lowest BCUT2D eigenvalue weighted by Crippen LogP contribution is -2.44.